The molecule has 0 aromatic rings. The molecule has 1 heterocycles. The summed E-state index contributed by atoms with van der Waals surface area (Å²) in [5.41, 5.74) is 6.09. The van der Waals surface area contributed by atoms with Crippen molar-refractivity contribution in [1.82, 2.24) is 4.90 Å². The highest BCUT2D eigenvalue weighted by Crippen LogP contribution is 2.41. The molecule has 0 bridgehead atoms. The minimum atomic E-state index is 0.793. The Bertz CT molecular complexity index is 243. The van der Waals surface area contributed by atoms with E-state index in [2.05, 4.69) is 4.90 Å². The van der Waals surface area contributed by atoms with Gasteiger partial charge in [0, 0.05) is 12.1 Å². The zero-order valence-electron chi connectivity index (χ0n) is 11.1. The van der Waals surface area contributed by atoms with Crippen LogP contribution in [0.3, 0.4) is 0 Å². The number of hydrogen-bond donors (Lipinski definition) is 1. The Morgan fingerprint density at radius 1 is 0.882 bits per heavy atom. The maximum Gasteiger partial charge on any atom is 0.0167 e. The zero-order chi connectivity index (χ0) is 11.7. The van der Waals surface area contributed by atoms with E-state index in [4.69, 9.17) is 5.73 Å². The van der Waals surface area contributed by atoms with Gasteiger partial charge in [0.25, 0.3) is 0 Å². The van der Waals surface area contributed by atoms with E-state index < -0.39 is 0 Å². The van der Waals surface area contributed by atoms with Crippen LogP contribution in [0, 0.1) is 11.8 Å². The molecule has 17 heavy (non-hydrogen) atoms. The maximum atomic E-state index is 6.09. The second kappa shape index (κ2) is 5.27. The third-order valence-electron chi connectivity index (χ3n) is 5.31. The molecule has 2 nitrogen and oxygen atoms in total. The lowest BCUT2D eigenvalue weighted by molar-refractivity contribution is 0.0962. The molecular formula is C15H28N2. The van der Waals surface area contributed by atoms with E-state index in [0.717, 1.165) is 30.5 Å². The van der Waals surface area contributed by atoms with E-state index in [1.54, 1.807) is 0 Å². The van der Waals surface area contributed by atoms with E-state index in [1.165, 1.54) is 64.3 Å². The Morgan fingerprint density at radius 2 is 1.59 bits per heavy atom. The van der Waals surface area contributed by atoms with Crippen molar-refractivity contribution in [2.24, 2.45) is 17.6 Å². The van der Waals surface area contributed by atoms with Gasteiger partial charge in [0.2, 0.25) is 0 Å². The summed E-state index contributed by atoms with van der Waals surface area (Å²) in [6, 6.07) is 1.78. The number of nitrogens with zero attached hydrogens (tertiary/aromatic N) is 1. The molecule has 2 atom stereocenters. The van der Waals surface area contributed by atoms with Crippen molar-refractivity contribution in [3.8, 4) is 0 Å². The molecule has 0 unspecified atom stereocenters. The van der Waals surface area contributed by atoms with Crippen LogP contribution in [0.1, 0.15) is 57.8 Å². The Morgan fingerprint density at radius 3 is 2.24 bits per heavy atom. The Balaban J connectivity index is 1.77. The highest BCUT2D eigenvalue weighted by molar-refractivity contribution is 4.96. The van der Waals surface area contributed by atoms with Crippen LogP contribution in [0.5, 0.6) is 0 Å². The zero-order valence-corrected chi connectivity index (χ0v) is 11.1. The molecular weight excluding hydrogens is 208 g/mol. The molecule has 3 rings (SSSR count). The van der Waals surface area contributed by atoms with Gasteiger partial charge in [-0.3, -0.25) is 4.90 Å². The van der Waals surface area contributed by atoms with Crippen LogP contribution >= 0.6 is 0 Å². The fraction of sp³-hybridized carbons (Fsp3) is 1.00. The normalized spacial score (nSPS) is 37.2. The van der Waals surface area contributed by atoms with Crippen molar-refractivity contribution in [3.63, 3.8) is 0 Å². The van der Waals surface area contributed by atoms with Gasteiger partial charge in [-0.15, -0.1) is 0 Å². The summed E-state index contributed by atoms with van der Waals surface area (Å²) in [5, 5.41) is 0. The van der Waals surface area contributed by atoms with Crippen molar-refractivity contribution in [3.05, 3.63) is 0 Å². The average molecular weight is 236 g/mol. The molecule has 2 saturated carbocycles. The van der Waals surface area contributed by atoms with E-state index >= 15 is 0 Å². The van der Waals surface area contributed by atoms with Gasteiger partial charge in [-0.05, 0) is 63.5 Å². The number of rotatable bonds is 3. The quantitative estimate of drug-likeness (QED) is 0.816. The van der Waals surface area contributed by atoms with Crippen LogP contribution in [0.25, 0.3) is 0 Å². The van der Waals surface area contributed by atoms with Gasteiger partial charge < -0.3 is 5.73 Å². The first-order valence-electron chi connectivity index (χ1n) is 7.86. The third-order valence-corrected chi connectivity index (χ3v) is 5.31. The first-order valence-corrected chi connectivity index (χ1v) is 7.86. The first-order chi connectivity index (χ1) is 8.40. The van der Waals surface area contributed by atoms with Crippen LogP contribution in [-0.4, -0.2) is 30.1 Å². The molecule has 0 aromatic carbocycles. The molecule has 2 aliphatic carbocycles. The lowest BCUT2D eigenvalue weighted by atomic mass is 9.84. The number of nitrogens with two attached hydrogens (primary N) is 1. The van der Waals surface area contributed by atoms with Gasteiger partial charge in [0.05, 0.1) is 0 Å². The lowest BCUT2D eigenvalue weighted by Gasteiger charge is -2.39. The van der Waals surface area contributed by atoms with Crippen molar-refractivity contribution < 1.29 is 0 Å². The van der Waals surface area contributed by atoms with E-state index in [9.17, 15) is 0 Å². The molecule has 2 N–H and O–H groups in total. The standard InChI is InChI=1S/C15H28N2/c16-11-13-7-3-4-10-17(14-8-9-14)15(13)12-5-1-2-6-12/h12-15H,1-11,16H2/t13-,15-/m1/s1. The van der Waals surface area contributed by atoms with Gasteiger partial charge in [0.1, 0.15) is 0 Å². The van der Waals surface area contributed by atoms with E-state index in [0.29, 0.717) is 0 Å². The van der Waals surface area contributed by atoms with Crippen molar-refractivity contribution in [1.29, 1.82) is 0 Å². The molecule has 0 radical (unpaired) electrons. The fourth-order valence-electron chi connectivity index (χ4n) is 4.34. The molecule has 1 aliphatic heterocycles. The summed E-state index contributed by atoms with van der Waals surface area (Å²) in [4.78, 5) is 2.89. The number of likely N-dealkylation sites (tertiary alicyclic amines) is 1. The highest BCUT2D eigenvalue weighted by Gasteiger charge is 2.42. The summed E-state index contributed by atoms with van der Waals surface area (Å²) in [7, 11) is 0. The molecule has 3 aliphatic rings. The molecule has 0 spiro atoms. The predicted octanol–water partition coefficient (Wildman–Crippen LogP) is 2.77. The van der Waals surface area contributed by atoms with Crippen LogP contribution in [0.4, 0.5) is 0 Å². The van der Waals surface area contributed by atoms with Crippen molar-refractivity contribution in [2.75, 3.05) is 13.1 Å². The van der Waals surface area contributed by atoms with Crippen LogP contribution in [0.15, 0.2) is 0 Å². The molecule has 3 fully saturated rings. The fourth-order valence-corrected chi connectivity index (χ4v) is 4.34. The Kier molecular flexibility index (Phi) is 3.72. The smallest absolute Gasteiger partial charge is 0.0167 e. The second-order valence-corrected chi connectivity index (χ2v) is 6.50. The Hall–Kier alpha value is -0.0800. The van der Waals surface area contributed by atoms with Gasteiger partial charge in [-0.25, -0.2) is 0 Å². The maximum absolute atomic E-state index is 6.09. The van der Waals surface area contributed by atoms with Gasteiger partial charge in [0.15, 0.2) is 0 Å². The average Bonchev–Trinajstić information content (AvgIpc) is 3.09. The molecule has 0 aromatic heterocycles. The van der Waals surface area contributed by atoms with Crippen LogP contribution in [0.2, 0.25) is 0 Å². The summed E-state index contributed by atoms with van der Waals surface area (Å²) in [6.45, 7) is 2.28. The SMILES string of the molecule is NC[C@H]1CCCCN(C2CC2)[C@@H]1C1CCCC1. The summed E-state index contributed by atoms with van der Waals surface area (Å²) >= 11 is 0. The van der Waals surface area contributed by atoms with E-state index in [1.807, 2.05) is 0 Å². The summed E-state index contributed by atoms with van der Waals surface area (Å²) < 4.78 is 0. The molecule has 98 valence electrons. The van der Waals surface area contributed by atoms with Gasteiger partial charge in [-0.1, -0.05) is 19.3 Å². The minimum Gasteiger partial charge on any atom is -0.330 e. The summed E-state index contributed by atoms with van der Waals surface area (Å²) in [5.74, 6) is 1.77. The molecule has 0 amide bonds. The third kappa shape index (κ3) is 2.53. The second-order valence-electron chi connectivity index (χ2n) is 6.50. The van der Waals surface area contributed by atoms with Crippen LogP contribution < -0.4 is 5.73 Å². The van der Waals surface area contributed by atoms with E-state index in [-0.39, 0.29) is 0 Å². The highest BCUT2D eigenvalue weighted by atomic mass is 15.2. The minimum absolute atomic E-state index is 0.793. The largest absolute Gasteiger partial charge is 0.330 e. The monoisotopic (exact) mass is 236 g/mol. The van der Waals surface area contributed by atoms with Crippen LogP contribution in [-0.2, 0) is 0 Å². The topological polar surface area (TPSA) is 29.3 Å². The lowest BCUT2D eigenvalue weighted by Crippen LogP contribution is -2.47. The van der Waals surface area contributed by atoms with Gasteiger partial charge in [-0.2, -0.15) is 0 Å². The number of hydrogen-bond acceptors (Lipinski definition) is 2. The van der Waals surface area contributed by atoms with Crippen molar-refractivity contribution >= 4 is 0 Å². The Labute approximate surface area is 106 Å². The summed E-state index contributed by atoms with van der Waals surface area (Å²) in [6.07, 6.45) is 13.0. The molecule has 2 heteroatoms. The van der Waals surface area contributed by atoms with Crippen molar-refractivity contribution in [2.45, 2.75) is 69.9 Å². The van der Waals surface area contributed by atoms with Gasteiger partial charge >= 0.3 is 0 Å². The predicted molar refractivity (Wildman–Crippen MR) is 71.9 cm³/mol. The molecule has 1 saturated heterocycles. The first kappa shape index (κ1) is 12.0.